The lowest BCUT2D eigenvalue weighted by atomic mass is 10.3. The molecule has 120 valence electrons. The minimum atomic E-state index is -0.232. The Bertz CT molecular complexity index is 677. The van der Waals surface area contributed by atoms with Gasteiger partial charge in [0.25, 0.3) is 0 Å². The summed E-state index contributed by atoms with van der Waals surface area (Å²) in [5.41, 5.74) is 0.725. The van der Waals surface area contributed by atoms with Crippen LogP contribution in [0.15, 0.2) is 53.6 Å². The molecular formula is C17H19N3O2S. The molecule has 0 aliphatic rings. The zero-order valence-corrected chi connectivity index (χ0v) is 13.9. The van der Waals surface area contributed by atoms with Gasteiger partial charge in [-0.2, -0.15) is 0 Å². The molecule has 2 aromatic rings. The van der Waals surface area contributed by atoms with E-state index in [4.69, 9.17) is 0 Å². The third-order valence-corrected chi connectivity index (χ3v) is 4.37. The van der Waals surface area contributed by atoms with Gasteiger partial charge in [-0.25, -0.2) is 4.98 Å². The third-order valence-electron chi connectivity index (χ3n) is 3.01. The van der Waals surface area contributed by atoms with Gasteiger partial charge in [-0.05, 0) is 36.8 Å². The van der Waals surface area contributed by atoms with Crippen LogP contribution in [0.5, 0.6) is 0 Å². The molecule has 0 aliphatic carbocycles. The van der Waals surface area contributed by atoms with Crippen molar-refractivity contribution in [3.63, 3.8) is 0 Å². The second-order valence-corrected chi connectivity index (χ2v) is 6.20. The van der Waals surface area contributed by atoms with Crippen molar-refractivity contribution in [3.05, 3.63) is 48.7 Å². The summed E-state index contributed by atoms with van der Waals surface area (Å²) in [5, 5.41) is 5.33. The quantitative estimate of drug-likeness (QED) is 0.795. The fraction of sp³-hybridized carbons (Fsp3) is 0.235. The molecule has 1 aromatic heterocycles. The molecule has 2 N–H and O–H groups in total. The van der Waals surface area contributed by atoms with E-state index in [-0.39, 0.29) is 17.1 Å². The Balaban J connectivity index is 2.04. The van der Waals surface area contributed by atoms with E-state index in [1.54, 1.807) is 18.3 Å². The molecule has 2 rings (SSSR count). The van der Waals surface area contributed by atoms with E-state index < -0.39 is 0 Å². The van der Waals surface area contributed by atoms with Gasteiger partial charge < -0.3 is 10.6 Å². The monoisotopic (exact) mass is 329 g/mol. The molecule has 2 amide bonds. The molecule has 0 bridgehead atoms. The number of pyridine rings is 1. The summed E-state index contributed by atoms with van der Waals surface area (Å²) < 4.78 is 0. The van der Waals surface area contributed by atoms with Gasteiger partial charge in [-0.15, -0.1) is 11.8 Å². The first kappa shape index (κ1) is 17.0. The van der Waals surface area contributed by atoms with E-state index >= 15 is 0 Å². The second kappa shape index (κ2) is 8.33. The molecule has 1 unspecified atom stereocenters. The maximum absolute atomic E-state index is 12.4. The Kier molecular flexibility index (Phi) is 6.17. The van der Waals surface area contributed by atoms with Gasteiger partial charge in [0, 0.05) is 23.7 Å². The van der Waals surface area contributed by atoms with Gasteiger partial charge in [0.1, 0.15) is 5.82 Å². The van der Waals surface area contributed by atoms with Gasteiger partial charge in [0.2, 0.25) is 11.8 Å². The van der Waals surface area contributed by atoms with Crippen LogP contribution in [0.1, 0.15) is 20.3 Å². The molecule has 0 saturated carbocycles. The van der Waals surface area contributed by atoms with Crippen molar-refractivity contribution in [1.82, 2.24) is 4.98 Å². The molecule has 5 nitrogen and oxygen atoms in total. The van der Waals surface area contributed by atoms with Crippen LogP contribution in [-0.4, -0.2) is 22.0 Å². The molecule has 1 heterocycles. The van der Waals surface area contributed by atoms with E-state index in [1.165, 1.54) is 18.7 Å². The maximum atomic E-state index is 12.4. The lowest BCUT2D eigenvalue weighted by Gasteiger charge is -2.15. The molecule has 0 saturated heterocycles. The van der Waals surface area contributed by atoms with Crippen LogP contribution < -0.4 is 10.6 Å². The molecule has 0 fully saturated rings. The van der Waals surface area contributed by atoms with Gasteiger partial charge in [0.15, 0.2) is 0 Å². The number of carbonyl (C=O) groups excluding carboxylic acids is 2. The van der Waals surface area contributed by atoms with Crippen LogP contribution in [0.3, 0.4) is 0 Å². The van der Waals surface area contributed by atoms with Crippen molar-refractivity contribution < 1.29 is 9.59 Å². The molecule has 6 heteroatoms. The van der Waals surface area contributed by atoms with Gasteiger partial charge in [0.05, 0.1) is 5.25 Å². The van der Waals surface area contributed by atoms with Gasteiger partial charge in [-0.1, -0.05) is 19.1 Å². The number of thioether (sulfide) groups is 1. The minimum Gasteiger partial charge on any atom is -0.326 e. The number of anilines is 2. The Morgan fingerprint density at radius 2 is 2.00 bits per heavy atom. The Labute approximate surface area is 139 Å². The average Bonchev–Trinajstić information content (AvgIpc) is 2.53. The number of aromatic nitrogens is 1. The number of rotatable bonds is 6. The number of nitrogens with one attached hydrogen (secondary N) is 2. The smallest absolute Gasteiger partial charge is 0.239 e. The predicted molar refractivity (Wildman–Crippen MR) is 93.5 cm³/mol. The lowest BCUT2D eigenvalue weighted by molar-refractivity contribution is -0.116. The van der Waals surface area contributed by atoms with Crippen molar-refractivity contribution in [2.45, 2.75) is 30.4 Å². The molecular weight excluding hydrogens is 310 g/mol. The fourth-order valence-corrected chi connectivity index (χ4v) is 2.99. The summed E-state index contributed by atoms with van der Waals surface area (Å²) in [4.78, 5) is 28.5. The number of carbonyl (C=O) groups is 2. The standard InChI is InChI=1S/C17H19N3O2S/c1-3-15(17(22)20-16-9-4-5-10-18-16)23-14-8-6-7-13(11-14)19-12(2)21/h4-11,15H,3H2,1-2H3,(H,19,21)(H,18,20,22). The van der Waals surface area contributed by atoms with Gasteiger partial charge >= 0.3 is 0 Å². The van der Waals surface area contributed by atoms with E-state index in [9.17, 15) is 9.59 Å². The van der Waals surface area contributed by atoms with Crippen molar-refractivity contribution in [3.8, 4) is 0 Å². The van der Waals surface area contributed by atoms with Crippen LogP contribution in [0.4, 0.5) is 11.5 Å². The summed E-state index contributed by atoms with van der Waals surface area (Å²) in [7, 11) is 0. The third kappa shape index (κ3) is 5.41. The lowest BCUT2D eigenvalue weighted by Crippen LogP contribution is -2.24. The highest BCUT2D eigenvalue weighted by Crippen LogP contribution is 2.28. The summed E-state index contributed by atoms with van der Waals surface area (Å²) in [5.74, 6) is 0.344. The molecule has 23 heavy (non-hydrogen) atoms. The molecule has 0 spiro atoms. The predicted octanol–water partition coefficient (Wildman–Crippen LogP) is 3.55. The number of hydrogen-bond acceptors (Lipinski definition) is 4. The first-order valence-corrected chi connectivity index (χ1v) is 8.22. The summed E-state index contributed by atoms with van der Waals surface area (Å²) in [6.45, 7) is 3.43. The zero-order valence-electron chi connectivity index (χ0n) is 13.1. The van der Waals surface area contributed by atoms with E-state index in [2.05, 4.69) is 15.6 Å². The highest BCUT2D eigenvalue weighted by molar-refractivity contribution is 8.00. The summed E-state index contributed by atoms with van der Waals surface area (Å²) in [6, 6.07) is 12.8. The Hall–Kier alpha value is -2.34. The molecule has 0 aliphatic heterocycles. The van der Waals surface area contributed by atoms with Crippen LogP contribution in [0.2, 0.25) is 0 Å². The number of amides is 2. The maximum Gasteiger partial charge on any atom is 0.239 e. The normalized spacial score (nSPS) is 11.6. The van der Waals surface area contributed by atoms with Crippen molar-refractivity contribution in [2.24, 2.45) is 0 Å². The minimum absolute atomic E-state index is 0.0823. The first-order chi connectivity index (χ1) is 11.1. The van der Waals surface area contributed by atoms with Crippen molar-refractivity contribution in [2.75, 3.05) is 10.6 Å². The van der Waals surface area contributed by atoms with Crippen LogP contribution in [0.25, 0.3) is 0 Å². The molecule has 0 radical (unpaired) electrons. The van der Waals surface area contributed by atoms with Crippen LogP contribution >= 0.6 is 11.8 Å². The average molecular weight is 329 g/mol. The van der Waals surface area contributed by atoms with Gasteiger partial charge in [-0.3, -0.25) is 9.59 Å². The summed E-state index contributed by atoms with van der Waals surface area (Å²) >= 11 is 1.47. The largest absolute Gasteiger partial charge is 0.326 e. The van der Waals surface area contributed by atoms with E-state index in [0.29, 0.717) is 12.2 Å². The van der Waals surface area contributed by atoms with E-state index in [0.717, 1.165) is 10.6 Å². The topological polar surface area (TPSA) is 71.1 Å². The van der Waals surface area contributed by atoms with Crippen LogP contribution in [-0.2, 0) is 9.59 Å². The zero-order chi connectivity index (χ0) is 16.7. The SMILES string of the molecule is CCC(Sc1cccc(NC(C)=O)c1)C(=O)Nc1ccccn1. The number of benzene rings is 1. The highest BCUT2D eigenvalue weighted by Gasteiger charge is 2.18. The summed E-state index contributed by atoms with van der Waals surface area (Å²) in [6.07, 6.45) is 2.33. The van der Waals surface area contributed by atoms with Crippen molar-refractivity contribution >= 4 is 35.1 Å². The van der Waals surface area contributed by atoms with Crippen LogP contribution in [0, 0.1) is 0 Å². The first-order valence-electron chi connectivity index (χ1n) is 7.34. The van der Waals surface area contributed by atoms with E-state index in [1.807, 2.05) is 37.3 Å². The number of nitrogens with zero attached hydrogens (tertiary/aromatic N) is 1. The fourth-order valence-electron chi connectivity index (χ4n) is 1.98. The molecule has 1 atom stereocenters. The molecule has 1 aromatic carbocycles. The number of hydrogen-bond donors (Lipinski definition) is 2. The highest BCUT2D eigenvalue weighted by atomic mass is 32.2. The Morgan fingerprint density at radius 1 is 1.17 bits per heavy atom. The van der Waals surface area contributed by atoms with Crippen molar-refractivity contribution in [1.29, 1.82) is 0 Å². The second-order valence-electron chi connectivity index (χ2n) is 4.93. The Morgan fingerprint density at radius 3 is 2.65 bits per heavy atom.